The lowest BCUT2D eigenvalue weighted by molar-refractivity contribution is -0.132. The first-order valence-electron chi connectivity index (χ1n) is 8.29. The maximum atomic E-state index is 11.9. The van der Waals surface area contributed by atoms with Crippen molar-refractivity contribution in [2.75, 3.05) is 13.1 Å². The zero-order chi connectivity index (χ0) is 16.5. The van der Waals surface area contributed by atoms with Gasteiger partial charge in [-0.2, -0.15) is 4.98 Å². The number of likely N-dealkylation sites (tertiary alicyclic amines) is 1. The molecule has 4 rings (SSSR count). The van der Waals surface area contributed by atoms with Gasteiger partial charge >= 0.3 is 0 Å². The molecule has 2 aromatic heterocycles. The molecule has 7 nitrogen and oxygen atoms in total. The van der Waals surface area contributed by atoms with Crippen molar-refractivity contribution in [2.24, 2.45) is 0 Å². The molecular formula is C17H19N5O2. The summed E-state index contributed by atoms with van der Waals surface area (Å²) in [4.78, 5) is 25.7. The van der Waals surface area contributed by atoms with Crippen molar-refractivity contribution in [3.05, 3.63) is 30.4 Å². The van der Waals surface area contributed by atoms with Gasteiger partial charge in [0.2, 0.25) is 17.6 Å². The first-order chi connectivity index (χ1) is 11.7. The van der Waals surface area contributed by atoms with E-state index in [2.05, 4.69) is 20.1 Å². The third-order valence-electron chi connectivity index (χ3n) is 4.55. The van der Waals surface area contributed by atoms with E-state index in [0.29, 0.717) is 24.7 Å². The van der Waals surface area contributed by atoms with E-state index in [4.69, 9.17) is 4.52 Å². The molecule has 24 heavy (non-hydrogen) atoms. The van der Waals surface area contributed by atoms with Crippen LogP contribution in [0.3, 0.4) is 0 Å². The zero-order valence-corrected chi connectivity index (χ0v) is 13.5. The summed E-state index contributed by atoms with van der Waals surface area (Å²) in [5, 5.41) is 4.12. The Morgan fingerprint density at radius 1 is 1.46 bits per heavy atom. The number of nitrogens with one attached hydrogen (secondary N) is 1. The van der Waals surface area contributed by atoms with Crippen LogP contribution in [0.15, 0.2) is 29.0 Å². The molecule has 0 unspecified atom stereocenters. The molecule has 1 saturated heterocycles. The van der Waals surface area contributed by atoms with E-state index in [1.54, 1.807) is 6.33 Å². The Morgan fingerprint density at radius 3 is 3.25 bits per heavy atom. The Bertz CT molecular complexity index is 869. The Kier molecular flexibility index (Phi) is 3.76. The van der Waals surface area contributed by atoms with Crippen LogP contribution in [-0.2, 0) is 4.79 Å². The number of hydrogen-bond acceptors (Lipinski definition) is 5. The van der Waals surface area contributed by atoms with Crippen molar-refractivity contribution in [3.63, 3.8) is 0 Å². The third-order valence-corrected chi connectivity index (χ3v) is 4.55. The minimum Gasteiger partial charge on any atom is -0.345 e. The third kappa shape index (κ3) is 2.66. The number of imidazole rings is 1. The van der Waals surface area contributed by atoms with Gasteiger partial charge in [-0.15, -0.1) is 0 Å². The summed E-state index contributed by atoms with van der Waals surface area (Å²) in [6.07, 6.45) is 4.13. The van der Waals surface area contributed by atoms with E-state index in [-0.39, 0.29) is 11.8 Å². The number of fused-ring (bicyclic) bond motifs is 1. The summed E-state index contributed by atoms with van der Waals surface area (Å²) in [5.74, 6) is 1.49. The second kappa shape index (κ2) is 6.07. The number of rotatable bonds is 3. The number of carbonyl (C=O) groups is 1. The van der Waals surface area contributed by atoms with Gasteiger partial charge in [-0.05, 0) is 31.0 Å². The first-order valence-corrected chi connectivity index (χ1v) is 8.29. The topological polar surface area (TPSA) is 87.9 Å². The summed E-state index contributed by atoms with van der Waals surface area (Å²) < 4.78 is 5.49. The molecule has 1 N–H and O–H groups in total. The van der Waals surface area contributed by atoms with Crippen molar-refractivity contribution >= 4 is 16.9 Å². The standard InChI is InChI=1S/C17H19N5O2/c1-2-15(23)22-7-3-4-12(9-22)17-20-16(21-24-17)11-5-6-13-14(8-11)19-10-18-13/h5-6,8,10,12H,2-4,7,9H2,1H3,(H,18,19)/t12-/m0/s1. The van der Waals surface area contributed by atoms with Crippen LogP contribution in [0.2, 0.25) is 0 Å². The summed E-state index contributed by atoms with van der Waals surface area (Å²) >= 11 is 0. The largest absolute Gasteiger partial charge is 0.345 e. The predicted octanol–water partition coefficient (Wildman–Crippen LogP) is 2.73. The average Bonchev–Trinajstić information content (AvgIpc) is 3.29. The van der Waals surface area contributed by atoms with Crippen LogP contribution in [0, 0.1) is 0 Å². The number of aromatic nitrogens is 4. The van der Waals surface area contributed by atoms with Crippen LogP contribution in [0.4, 0.5) is 0 Å². The minimum atomic E-state index is 0.117. The van der Waals surface area contributed by atoms with Crippen LogP contribution < -0.4 is 0 Å². The van der Waals surface area contributed by atoms with Crippen LogP contribution in [0.25, 0.3) is 22.4 Å². The summed E-state index contributed by atoms with van der Waals surface area (Å²) in [7, 11) is 0. The fourth-order valence-corrected chi connectivity index (χ4v) is 3.22. The van der Waals surface area contributed by atoms with Gasteiger partial charge in [0, 0.05) is 25.1 Å². The highest BCUT2D eigenvalue weighted by atomic mass is 16.5. The van der Waals surface area contributed by atoms with Crippen molar-refractivity contribution < 1.29 is 9.32 Å². The molecule has 0 bridgehead atoms. The van der Waals surface area contributed by atoms with E-state index < -0.39 is 0 Å². The van der Waals surface area contributed by atoms with Crippen molar-refractivity contribution in [1.29, 1.82) is 0 Å². The van der Waals surface area contributed by atoms with Gasteiger partial charge in [0.1, 0.15) is 0 Å². The normalized spacial score (nSPS) is 18.2. The smallest absolute Gasteiger partial charge is 0.231 e. The maximum absolute atomic E-state index is 11.9. The highest BCUT2D eigenvalue weighted by molar-refractivity contribution is 5.79. The zero-order valence-electron chi connectivity index (χ0n) is 13.5. The number of hydrogen-bond donors (Lipinski definition) is 1. The molecule has 3 heterocycles. The molecule has 7 heteroatoms. The van der Waals surface area contributed by atoms with E-state index in [1.807, 2.05) is 30.0 Å². The Labute approximate surface area is 139 Å². The first kappa shape index (κ1) is 14.9. The molecular weight excluding hydrogens is 306 g/mol. The number of carbonyl (C=O) groups excluding carboxylic acids is 1. The molecule has 1 aromatic carbocycles. The lowest BCUT2D eigenvalue weighted by Gasteiger charge is -2.30. The van der Waals surface area contributed by atoms with E-state index in [9.17, 15) is 4.79 Å². The fourth-order valence-electron chi connectivity index (χ4n) is 3.22. The predicted molar refractivity (Wildman–Crippen MR) is 88.2 cm³/mol. The van der Waals surface area contributed by atoms with Crippen molar-refractivity contribution in [2.45, 2.75) is 32.1 Å². The summed E-state index contributed by atoms with van der Waals surface area (Å²) in [6.45, 7) is 3.37. The molecule has 1 aliphatic heterocycles. The van der Waals surface area contributed by atoms with Crippen molar-refractivity contribution in [3.8, 4) is 11.4 Å². The molecule has 1 aliphatic rings. The quantitative estimate of drug-likeness (QED) is 0.800. The van der Waals surface area contributed by atoms with E-state index in [0.717, 1.165) is 36.0 Å². The lowest BCUT2D eigenvalue weighted by atomic mass is 9.97. The number of piperidine rings is 1. The van der Waals surface area contributed by atoms with E-state index >= 15 is 0 Å². The van der Waals surface area contributed by atoms with Crippen LogP contribution in [0.5, 0.6) is 0 Å². The van der Waals surface area contributed by atoms with Gasteiger partial charge in [0.25, 0.3) is 0 Å². The monoisotopic (exact) mass is 325 g/mol. The van der Waals surface area contributed by atoms with Crippen LogP contribution in [-0.4, -0.2) is 44.0 Å². The number of benzene rings is 1. The second-order valence-corrected chi connectivity index (χ2v) is 6.12. The average molecular weight is 325 g/mol. The number of nitrogens with zero attached hydrogens (tertiary/aromatic N) is 4. The van der Waals surface area contributed by atoms with Gasteiger partial charge in [-0.25, -0.2) is 4.98 Å². The Hall–Kier alpha value is -2.70. The molecule has 3 aromatic rings. The van der Waals surface area contributed by atoms with Gasteiger partial charge in [0.05, 0.1) is 23.3 Å². The van der Waals surface area contributed by atoms with Crippen LogP contribution >= 0.6 is 0 Å². The number of amides is 1. The SMILES string of the molecule is CCC(=O)N1CCC[C@H](c2nc(-c3ccc4nc[nH]c4c3)no2)C1. The molecule has 124 valence electrons. The molecule has 0 radical (unpaired) electrons. The van der Waals surface area contributed by atoms with Crippen molar-refractivity contribution in [1.82, 2.24) is 25.0 Å². The molecule has 1 fully saturated rings. The summed E-state index contributed by atoms with van der Waals surface area (Å²) in [5.41, 5.74) is 2.73. The van der Waals surface area contributed by atoms with Gasteiger partial charge in [-0.1, -0.05) is 12.1 Å². The highest BCUT2D eigenvalue weighted by Crippen LogP contribution is 2.28. The maximum Gasteiger partial charge on any atom is 0.231 e. The molecule has 0 aliphatic carbocycles. The molecule has 0 saturated carbocycles. The van der Waals surface area contributed by atoms with Gasteiger partial charge < -0.3 is 14.4 Å². The molecule has 1 atom stereocenters. The summed E-state index contributed by atoms with van der Waals surface area (Å²) in [6, 6.07) is 5.83. The van der Waals surface area contributed by atoms with Gasteiger partial charge in [0.15, 0.2) is 0 Å². The molecule has 0 spiro atoms. The Morgan fingerprint density at radius 2 is 2.38 bits per heavy atom. The fraction of sp³-hybridized carbons (Fsp3) is 0.412. The highest BCUT2D eigenvalue weighted by Gasteiger charge is 2.28. The van der Waals surface area contributed by atoms with Crippen LogP contribution in [0.1, 0.15) is 38.0 Å². The second-order valence-electron chi connectivity index (χ2n) is 6.12. The number of H-pyrrole nitrogens is 1. The van der Waals surface area contributed by atoms with Gasteiger partial charge in [-0.3, -0.25) is 4.79 Å². The number of aromatic amines is 1. The Balaban J connectivity index is 1.56. The minimum absolute atomic E-state index is 0.117. The lowest BCUT2D eigenvalue weighted by Crippen LogP contribution is -2.38. The van der Waals surface area contributed by atoms with E-state index in [1.165, 1.54) is 0 Å². The molecule has 1 amide bonds.